The molecule has 1 aliphatic carbocycles. The molecule has 1 fully saturated rings. The zero-order chi connectivity index (χ0) is 15.1. The lowest BCUT2D eigenvalue weighted by atomic mass is 9.89. The molecule has 0 radical (unpaired) electrons. The van der Waals surface area contributed by atoms with Gasteiger partial charge < -0.3 is 16.2 Å². The molecule has 0 spiro atoms. The fourth-order valence-electron chi connectivity index (χ4n) is 2.94. The van der Waals surface area contributed by atoms with Crippen LogP contribution in [0, 0.1) is 5.92 Å². The topological polar surface area (TPSA) is 75.3 Å². The quantitative estimate of drug-likeness (QED) is 0.753. The number of nitrogens with two attached hydrogens (primary N) is 1. The smallest absolute Gasteiger partial charge is 0.251 e. The summed E-state index contributed by atoms with van der Waals surface area (Å²) in [5, 5.41) is 13.0. The lowest BCUT2D eigenvalue weighted by Crippen LogP contribution is -2.30. The highest BCUT2D eigenvalue weighted by molar-refractivity contribution is 5.94. The molecule has 21 heavy (non-hydrogen) atoms. The Kier molecular flexibility index (Phi) is 6.21. The van der Waals surface area contributed by atoms with E-state index in [2.05, 4.69) is 5.32 Å². The fourth-order valence-corrected chi connectivity index (χ4v) is 2.94. The summed E-state index contributed by atoms with van der Waals surface area (Å²) >= 11 is 0. The molecule has 0 aromatic heterocycles. The van der Waals surface area contributed by atoms with Crippen molar-refractivity contribution in [3.8, 4) is 0 Å². The average molecular weight is 290 g/mol. The van der Waals surface area contributed by atoms with Crippen molar-refractivity contribution in [2.45, 2.75) is 44.6 Å². The van der Waals surface area contributed by atoms with Gasteiger partial charge in [0.05, 0.1) is 6.10 Å². The summed E-state index contributed by atoms with van der Waals surface area (Å²) in [6.07, 6.45) is 6.23. The highest BCUT2D eigenvalue weighted by Crippen LogP contribution is 2.23. The molecule has 1 aromatic carbocycles. The van der Waals surface area contributed by atoms with Crippen LogP contribution in [0.4, 0.5) is 0 Å². The average Bonchev–Trinajstić information content (AvgIpc) is 2.54. The zero-order valence-electron chi connectivity index (χ0n) is 12.6. The van der Waals surface area contributed by atoms with E-state index in [0.29, 0.717) is 24.4 Å². The van der Waals surface area contributed by atoms with Crippen LogP contribution in [0.2, 0.25) is 0 Å². The van der Waals surface area contributed by atoms with Crippen LogP contribution in [0.5, 0.6) is 0 Å². The SMILES string of the molecule is NCCC(O)c1cccc(C(=O)NCC2CCCCC2)c1. The van der Waals surface area contributed by atoms with Crippen LogP contribution < -0.4 is 11.1 Å². The lowest BCUT2D eigenvalue weighted by Gasteiger charge is -2.21. The van der Waals surface area contributed by atoms with Gasteiger partial charge in [0.25, 0.3) is 5.91 Å². The number of benzene rings is 1. The van der Waals surface area contributed by atoms with E-state index in [1.54, 1.807) is 12.1 Å². The maximum atomic E-state index is 12.2. The predicted octanol–water partition coefficient (Wildman–Crippen LogP) is 2.38. The van der Waals surface area contributed by atoms with Crippen molar-refractivity contribution >= 4 is 5.91 Å². The Labute approximate surface area is 126 Å². The minimum absolute atomic E-state index is 0.0534. The van der Waals surface area contributed by atoms with Gasteiger partial charge >= 0.3 is 0 Å². The third-order valence-corrected chi connectivity index (χ3v) is 4.25. The Balaban J connectivity index is 1.90. The summed E-state index contributed by atoms with van der Waals surface area (Å²) in [7, 11) is 0. The molecule has 4 heteroatoms. The minimum atomic E-state index is -0.596. The van der Waals surface area contributed by atoms with Gasteiger partial charge in [-0.05, 0) is 49.4 Å². The lowest BCUT2D eigenvalue weighted by molar-refractivity contribution is 0.0943. The molecule has 0 saturated heterocycles. The summed E-state index contributed by atoms with van der Waals surface area (Å²) in [4.78, 5) is 12.2. The van der Waals surface area contributed by atoms with Gasteiger partial charge in [-0.1, -0.05) is 31.4 Å². The number of aliphatic hydroxyl groups is 1. The molecular weight excluding hydrogens is 264 g/mol. The number of hydrogen-bond donors (Lipinski definition) is 3. The Hall–Kier alpha value is -1.39. The Morgan fingerprint density at radius 1 is 1.33 bits per heavy atom. The number of hydrogen-bond acceptors (Lipinski definition) is 3. The predicted molar refractivity (Wildman–Crippen MR) is 84.0 cm³/mol. The van der Waals surface area contributed by atoms with E-state index in [9.17, 15) is 9.90 Å². The summed E-state index contributed by atoms with van der Waals surface area (Å²) in [6.45, 7) is 1.19. The van der Waals surface area contributed by atoms with Crippen LogP contribution in [0.15, 0.2) is 24.3 Å². The van der Waals surface area contributed by atoms with Gasteiger partial charge in [0.15, 0.2) is 0 Å². The molecule has 116 valence electrons. The van der Waals surface area contributed by atoms with Crippen molar-refractivity contribution in [1.82, 2.24) is 5.32 Å². The van der Waals surface area contributed by atoms with Gasteiger partial charge in [-0.2, -0.15) is 0 Å². The number of amides is 1. The minimum Gasteiger partial charge on any atom is -0.388 e. The molecule has 1 unspecified atom stereocenters. The Bertz CT molecular complexity index is 456. The molecule has 1 saturated carbocycles. The molecule has 0 heterocycles. The van der Waals surface area contributed by atoms with Crippen molar-refractivity contribution in [3.05, 3.63) is 35.4 Å². The van der Waals surface area contributed by atoms with E-state index in [-0.39, 0.29) is 5.91 Å². The van der Waals surface area contributed by atoms with Gasteiger partial charge in [-0.25, -0.2) is 0 Å². The molecule has 1 atom stereocenters. The fraction of sp³-hybridized carbons (Fsp3) is 0.588. The Morgan fingerprint density at radius 2 is 2.10 bits per heavy atom. The van der Waals surface area contributed by atoms with Gasteiger partial charge in [0.1, 0.15) is 0 Å². The molecular formula is C17H26N2O2. The standard InChI is InChI=1S/C17H26N2O2/c18-10-9-16(20)14-7-4-8-15(11-14)17(21)19-12-13-5-2-1-3-6-13/h4,7-8,11,13,16,20H,1-3,5-6,9-10,12,18H2,(H,19,21). The van der Waals surface area contributed by atoms with Gasteiger partial charge in [-0.3, -0.25) is 4.79 Å². The number of carbonyl (C=O) groups is 1. The molecule has 4 nitrogen and oxygen atoms in total. The van der Waals surface area contributed by atoms with Crippen molar-refractivity contribution in [2.75, 3.05) is 13.1 Å². The number of carbonyl (C=O) groups excluding carboxylic acids is 1. The first-order valence-corrected chi connectivity index (χ1v) is 7.97. The van der Waals surface area contributed by atoms with Gasteiger partial charge in [0.2, 0.25) is 0 Å². The third kappa shape index (κ3) is 4.83. The summed E-state index contributed by atoms with van der Waals surface area (Å²) in [5.74, 6) is 0.566. The molecule has 4 N–H and O–H groups in total. The van der Waals surface area contributed by atoms with Crippen molar-refractivity contribution in [1.29, 1.82) is 0 Å². The second-order valence-corrected chi connectivity index (χ2v) is 5.93. The second-order valence-electron chi connectivity index (χ2n) is 5.93. The number of nitrogens with one attached hydrogen (secondary N) is 1. The molecule has 1 aliphatic rings. The summed E-state index contributed by atoms with van der Waals surface area (Å²) in [6, 6.07) is 7.19. The van der Waals surface area contributed by atoms with Crippen LogP contribution in [-0.2, 0) is 0 Å². The highest BCUT2D eigenvalue weighted by Gasteiger charge is 2.15. The molecule has 1 aromatic rings. The number of rotatable bonds is 6. The van der Waals surface area contributed by atoms with E-state index in [1.165, 1.54) is 32.1 Å². The normalized spacial score (nSPS) is 17.4. The van der Waals surface area contributed by atoms with E-state index in [4.69, 9.17) is 5.73 Å². The molecule has 0 aliphatic heterocycles. The first-order valence-electron chi connectivity index (χ1n) is 7.97. The van der Waals surface area contributed by atoms with Crippen molar-refractivity contribution < 1.29 is 9.90 Å². The molecule has 2 rings (SSSR count). The van der Waals surface area contributed by atoms with Gasteiger partial charge in [-0.15, -0.1) is 0 Å². The van der Waals surface area contributed by atoms with Crippen LogP contribution in [0.3, 0.4) is 0 Å². The van der Waals surface area contributed by atoms with E-state index < -0.39 is 6.10 Å². The van der Waals surface area contributed by atoms with E-state index in [0.717, 1.165) is 12.1 Å². The first-order chi connectivity index (χ1) is 10.2. The maximum Gasteiger partial charge on any atom is 0.251 e. The molecule has 1 amide bonds. The maximum absolute atomic E-state index is 12.2. The third-order valence-electron chi connectivity index (χ3n) is 4.25. The molecule has 0 bridgehead atoms. The zero-order valence-corrected chi connectivity index (χ0v) is 12.6. The van der Waals surface area contributed by atoms with Crippen LogP contribution >= 0.6 is 0 Å². The monoisotopic (exact) mass is 290 g/mol. The van der Waals surface area contributed by atoms with Crippen LogP contribution in [-0.4, -0.2) is 24.1 Å². The van der Waals surface area contributed by atoms with E-state index in [1.807, 2.05) is 12.1 Å². The Morgan fingerprint density at radius 3 is 2.81 bits per heavy atom. The van der Waals surface area contributed by atoms with Crippen LogP contribution in [0.1, 0.15) is 60.6 Å². The summed E-state index contributed by atoms with van der Waals surface area (Å²) in [5.41, 5.74) is 6.82. The van der Waals surface area contributed by atoms with E-state index >= 15 is 0 Å². The summed E-state index contributed by atoms with van der Waals surface area (Å²) < 4.78 is 0. The van der Waals surface area contributed by atoms with Gasteiger partial charge in [0, 0.05) is 12.1 Å². The largest absolute Gasteiger partial charge is 0.388 e. The second kappa shape index (κ2) is 8.15. The number of aliphatic hydroxyl groups excluding tert-OH is 1. The van der Waals surface area contributed by atoms with Crippen molar-refractivity contribution in [3.63, 3.8) is 0 Å². The first kappa shape index (κ1) is 16.0. The van der Waals surface area contributed by atoms with Crippen LogP contribution in [0.25, 0.3) is 0 Å². The van der Waals surface area contributed by atoms with Crippen molar-refractivity contribution in [2.24, 2.45) is 11.7 Å². The highest BCUT2D eigenvalue weighted by atomic mass is 16.3.